The zero-order chi connectivity index (χ0) is 23.7. The Balaban J connectivity index is 1.26. The summed E-state index contributed by atoms with van der Waals surface area (Å²) < 4.78 is 28.4. The van der Waals surface area contributed by atoms with E-state index in [1.54, 1.807) is 16.4 Å². The summed E-state index contributed by atoms with van der Waals surface area (Å²) in [6.45, 7) is 2.46. The maximum atomic E-state index is 12.8. The van der Waals surface area contributed by atoms with Gasteiger partial charge in [0.05, 0.1) is 11.4 Å². The van der Waals surface area contributed by atoms with Crippen LogP contribution in [0.2, 0.25) is 5.02 Å². The molecule has 0 bridgehead atoms. The molecular formula is C23H22ClN5O3S2. The quantitative estimate of drug-likeness (QED) is 0.392. The summed E-state index contributed by atoms with van der Waals surface area (Å²) in [5.41, 5.74) is 2.07. The molecule has 0 spiro atoms. The maximum Gasteiger partial charge on any atom is 0.275 e. The van der Waals surface area contributed by atoms with Gasteiger partial charge in [0.2, 0.25) is 15.0 Å². The summed E-state index contributed by atoms with van der Waals surface area (Å²) in [6.07, 6.45) is 0. The molecule has 2 aromatic carbocycles. The standard InChI is InChI=1S/C23H22ClN5O3S2/c24-19-8-6-18(7-9-19)22-26-29-21(30)14-20(25-23(29)33-22)15-27-10-12-28(13-11-27)34(31,32)16-17-4-2-1-3-5-17/h1-9,14H,10-13,15-16H2. The van der Waals surface area contributed by atoms with Crippen LogP contribution in [-0.4, -0.2) is 58.4 Å². The van der Waals surface area contributed by atoms with E-state index in [1.165, 1.54) is 21.9 Å². The third kappa shape index (κ3) is 5.06. The number of aromatic nitrogens is 3. The van der Waals surface area contributed by atoms with Crippen LogP contribution in [0.4, 0.5) is 0 Å². The smallest absolute Gasteiger partial charge is 0.275 e. The first-order valence-corrected chi connectivity index (χ1v) is 13.6. The van der Waals surface area contributed by atoms with Crippen LogP contribution < -0.4 is 5.56 Å². The van der Waals surface area contributed by atoms with E-state index in [0.717, 1.165) is 11.1 Å². The highest BCUT2D eigenvalue weighted by atomic mass is 35.5. The minimum absolute atomic E-state index is 0.00413. The Hall–Kier alpha value is -2.63. The summed E-state index contributed by atoms with van der Waals surface area (Å²) in [6, 6.07) is 18.0. The zero-order valence-corrected chi connectivity index (χ0v) is 20.6. The molecule has 34 heavy (non-hydrogen) atoms. The van der Waals surface area contributed by atoms with E-state index in [0.29, 0.717) is 53.4 Å². The van der Waals surface area contributed by atoms with Crippen molar-refractivity contribution in [1.82, 2.24) is 23.8 Å². The summed E-state index contributed by atoms with van der Waals surface area (Å²) >= 11 is 7.30. The molecule has 0 aliphatic carbocycles. The van der Waals surface area contributed by atoms with Gasteiger partial charge in [0.25, 0.3) is 5.56 Å². The minimum atomic E-state index is -3.37. The number of benzene rings is 2. The van der Waals surface area contributed by atoms with Gasteiger partial charge < -0.3 is 0 Å². The van der Waals surface area contributed by atoms with Gasteiger partial charge in [-0.15, -0.1) is 0 Å². The highest BCUT2D eigenvalue weighted by molar-refractivity contribution is 7.88. The number of halogens is 1. The van der Waals surface area contributed by atoms with Gasteiger partial charge in [-0.05, 0) is 17.7 Å². The molecule has 0 unspecified atom stereocenters. The SMILES string of the molecule is O=c1cc(CN2CCN(S(=O)(=O)Cc3ccccc3)CC2)nc2sc(-c3ccc(Cl)cc3)nn12. The molecule has 0 N–H and O–H groups in total. The van der Waals surface area contributed by atoms with Crippen molar-refractivity contribution in [3.8, 4) is 10.6 Å². The molecule has 1 aliphatic heterocycles. The van der Waals surface area contributed by atoms with E-state index in [-0.39, 0.29) is 11.3 Å². The van der Waals surface area contributed by atoms with Crippen LogP contribution in [0.15, 0.2) is 65.5 Å². The first-order valence-electron chi connectivity index (χ1n) is 10.8. The molecule has 8 nitrogen and oxygen atoms in total. The van der Waals surface area contributed by atoms with Crippen molar-refractivity contribution in [2.24, 2.45) is 0 Å². The molecule has 0 atom stereocenters. The van der Waals surface area contributed by atoms with Crippen molar-refractivity contribution in [2.75, 3.05) is 26.2 Å². The van der Waals surface area contributed by atoms with Gasteiger partial charge in [-0.25, -0.2) is 13.4 Å². The molecule has 11 heteroatoms. The predicted molar refractivity (Wildman–Crippen MR) is 133 cm³/mol. The number of sulfonamides is 1. The molecule has 0 saturated carbocycles. The maximum absolute atomic E-state index is 12.8. The highest BCUT2D eigenvalue weighted by Crippen LogP contribution is 2.25. The van der Waals surface area contributed by atoms with Crippen molar-refractivity contribution in [3.05, 3.63) is 87.3 Å². The van der Waals surface area contributed by atoms with Gasteiger partial charge in [-0.2, -0.15) is 13.9 Å². The Morgan fingerprint density at radius 3 is 2.38 bits per heavy atom. The fourth-order valence-electron chi connectivity index (χ4n) is 3.92. The van der Waals surface area contributed by atoms with Gasteiger partial charge in [-0.1, -0.05) is 65.4 Å². The Morgan fingerprint density at radius 1 is 0.971 bits per heavy atom. The van der Waals surface area contributed by atoms with Crippen LogP contribution in [0.25, 0.3) is 15.5 Å². The summed E-state index contributed by atoms with van der Waals surface area (Å²) in [4.78, 5) is 19.9. The van der Waals surface area contributed by atoms with Gasteiger partial charge in [0.15, 0.2) is 0 Å². The van der Waals surface area contributed by atoms with E-state index in [9.17, 15) is 13.2 Å². The average Bonchev–Trinajstić information content (AvgIpc) is 3.25. The number of fused-ring (bicyclic) bond motifs is 1. The first-order chi connectivity index (χ1) is 16.4. The Kier molecular flexibility index (Phi) is 6.50. The van der Waals surface area contributed by atoms with E-state index in [1.807, 2.05) is 42.5 Å². The Labute approximate surface area is 206 Å². The predicted octanol–water partition coefficient (Wildman–Crippen LogP) is 3.12. The van der Waals surface area contributed by atoms with Crippen molar-refractivity contribution < 1.29 is 8.42 Å². The molecule has 1 aliphatic rings. The fourth-order valence-corrected chi connectivity index (χ4v) is 6.49. The lowest BCUT2D eigenvalue weighted by atomic mass is 10.2. The van der Waals surface area contributed by atoms with Crippen molar-refractivity contribution >= 4 is 37.9 Å². The monoisotopic (exact) mass is 515 g/mol. The lowest BCUT2D eigenvalue weighted by Gasteiger charge is -2.33. The van der Waals surface area contributed by atoms with Gasteiger partial charge in [-0.3, -0.25) is 9.69 Å². The largest absolute Gasteiger partial charge is 0.295 e. The number of hydrogen-bond donors (Lipinski definition) is 0. The molecule has 2 aromatic heterocycles. The Morgan fingerprint density at radius 2 is 1.68 bits per heavy atom. The molecule has 1 fully saturated rings. The third-order valence-electron chi connectivity index (χ3n) is 5.69. The third-order valence-corrected chi connectivity index (χ3v) is 8.75. The van der Waals surface area contributed by atoms with Crippen LogP contribution in [0.5, 0.6) is 0 Å². The van der Waals surface area contributed by atoms with Gasteiger partial charge in [0, 0.05) is 49.4 Å². The second kappa shape index (κ2) is 9.55. The normalized spacial score (nSPS) is 15.7. The van der Waals surface area contributed by atoms with Crippen LogP contribution >= 0.6 is 22.9 Å². The van der Waals surface area contributed by atoms with Gasteiger partial charge >= 0.3 is 0 Å². The van der Waals surface area contributed by atoms with Crippen molar-refractivity contribution in [1.29, 1.82) is 0 Å². The lowest BCUT2D eigenvalue weighted by molar-refractivity contribution is 0.180. The van der Waals surface area contributed by atoms with E-state index >= 15 is 0 Å². The lowest BCUT2D eigenvalue weighted by Crippen LogP contribution is -2.48. The van der Waals surface area contributed by atoms with E-state index in [4.69, 9.17) is 11.6 Å². The highest BCUT2D eigenvalue weighted by Gasteiger charge is 2.27. The van der Waals surface area contributed by atoms with Crippen LogP contribution in [0.3, 0.4) is 0 Å². The fraction of sp³-hybridized carbons (Fsp3) is 0.261. The topological polar surface area (TPSA) is 87.9 Å². The summed E-state index contributed by atoms with van der Waals surface area (Å²) in [5.74, 6) is 0.00413. The second-order valence-corrected chi connectivity index (χ2v) is 11.5. The molecule has 3 heterocycles. The van der Waals surface area contributed by atoms with Crippen molar-refractivity contribution in [2.45, 2.75) is 12.3 Å². The second-order valence-electron chi connectivity index (χ2n) is 8.11. The zero-order valence-electron chi connectivity index (χ0n) is 18.2. The minimum Gasteiger partial charge on any atom is -0.295 e. The van der Waals surface area contributed by atoms with Crippen molar-refractivity contribution in [3.63, 3.8) is 0 Å². The molecule has 176 valence electrons. The summed E-state index contributed by atoms with van der Waals surface area (Å²) in [7, 11) is -3.37. The molecule has 1 saturated heterocycles. The molecule has 5 rings (SSSR count). The number of rotatable bonds is 6. The number of piperazine rings is 1. The van der Waals surface area contributed by atoms with Gasteiger partial charge in [0.1, 0.15) is 5.01 Å². The van der Waals surface area contributed by atoms with E-state index < -0.39 is 10.0 Å². The number of nitrogens with zero attached hydrogens (tertiary/aromatic N) is 5. The number of hydrogen-bond acceptors (Lipinski definition) is 7. The molecule has 0 radical (unpaired) electrons. The van der Waals surface area contributed by atoms with Crippen LogP contribution in [0.1, 0.15) is 11.3 Å². The van der Waals surface area contributed by atoms with Crippen LogP contribution in [0, 0.1) is 0 Å². The molecule has 0 amide bonds. The Bertz CT molecular complexity index is 1460. The van der Waals surface area contributed by atoms with Crippen LogP contribution in [-0.2, 0) is 22.3 Å². The molecular weight excluding hydrogens is 494 g/mol. The first kappa shape index (κ1) is 23.1. The average molecular weight is 516 g/mol. The van der Waals surface area contributed by atoms with E-state index in [2.05, 4.69) is 15.0 Å². The molecule has 4 aromatic rings. The summed E-state index contributed by atoms with van der Waals surface area (Å²) in [5, 5.41) is 5.73.